The highest BCUT2D eigenvalue weighted by Gasteiger charge is 2.17. The molecule has 0 amide bonds. The fraction of sp³-hybridized carbons (Fsp3) is 0. The van der Waals surface area contributed by atoms with Gasteiger partial charge in [-0.05, 0) is 48.5 Å². The van der Waals surface area contributed by atoms with Crippen LogP contribution in [0, 0.1) is 20.5 Å². The smallest absolute Gasteiger partial charge is 0.245 e. The second-order valence-corrected chi connectivity index (χ2v) is 11.8. The van der Waals surface area contributed by atoms with Gasteiger partial charge in [-0.15, -0.1) is 20.5 Å². The number of pyridine rings is 4. The van der Waals surface area contributed by atoms with Gasteiger partial charge in [0.15, 0.2) is 24.0 Å². The summed E-state index contributed by atoms with van der Waals surface area (Å²) in [6.45, 7) is 0. The van der Waals surface area contributed by atoms with Crippen LogP contribution in [-0.2, 0) is 0 Å². The van der Waals surface area contributed by atoms with E-state index in [2.05, 4.69) is 66.1 Å². The number of benzene rings is 2. The molecule has 2 N–H and O–H groups in total. The Balaban J connectivity index is 0.000000464. The largest absolute Gasteiger partial charge is 0.339 e. The van der Waals surface area contributed by atoms with Crippen molar-refractivity contribution in [2.24, 2.45) is 9.98 Å². The fourth-order valence-corrected chi connectivity index (χ4v) is 4.89. The lowest BCUT2D eigenvalue weighted by Crippen LogP contribution is -2.68. The molecule has 0 bridgehead atoms. The quantitative estimate of drug-likeness (QED) is 0.166. The molecule has 0 saturated carbocycles. The number of aromatic nitrogens is 4. The zero-order valence-electron chi connectivity index (χ0n) is 26.6. The van der Waals surface area contributed by atoms with Gasteiger partial charge >= 0.3 is 0 Å². The van der Waals surface area contributed by atoms with Crippen LogP contribution in [0.5, 0.6) is 0 Å². The molecule has 0 saturated heterocycles. The number of fused-ring (bicyclic) bond motifs is 4. The van der Waals surface area contributed by atoms with Crippen molar-refractivity contribution in [2.45, 2.75) is 0 Å². The van der Waals surface area contributed by atoms with E-state index in [0.717, 1.165) is 33.2 Å². The first-order valence-electron chi connectivity index (χ1n) is 14.8. The molecule has 0 aliphatic carbocycles. The number of anilines is 2. The van der Waals surface area contributed by atoms with Crippen molar-refractivity contribution in [3.63, 3.8) is 0 Å². The van der Waals surface area contributed by atoms with Crippen molar-refractivity contribution in [2.75, 3.05) is 10.6 Å². The molecule has 1 aliphatic heterocycles. The van der Waals surface area contributed by atoms with Crippen LogP contribution in [0.15, 0.2) is 144 Å². The first kappa shape index (κ1) is 37.5. The van der Waals surface area contributed by atoms with Gasteiger partial charge in [-0.3, -0.25) is 0 Å². The summed E-state index contributed by atoms with van der Waals surface area (Å²) in [5.74, 6) is 1.24. The minimum absolute atomic E-state index is 0.620. The van der Waals surface area contributed by atoms with E-state index in [0.29, 0.717) is 23.0 Å². The molecular formula is C34H26Cl2N8O8. The zero-order valence-corrected chi connectivity index (χ0v) is 28.1. The lowest BCUT2D eigenvalue weighted by molar-refractivity contribution is -2.00. The van der Waals surface area contributed by atoms with Crippen molar-refractivity contribution < 1.29 is 66.9 Å². The van der Waals surface area contributed by atoms with E-state index in [-0.39, 0.29) is 0 Å². The number of hydrogen-bond acceptors (Lipinski definition) is 14. The van der Waals surface area contributed by atoms with E-state index in [1.54, 1.807) is 12.4 Å². The Labute approximate surface area is 299 Å². The average Bonchev–Trinajstić information content (AvgIpc) is 3.11. The zero-order chi connectivity index (χ0) is 37.1. The van der Waals surface area contributed by atoms with Crippen molar-refractivity contribution in [1.82, 2.24) is 9.97 Å². The van der Waals surface area contributed by atoms with Gasteiger partial charge in [-0.1, -0.05) is 24.3 Å². The van der Waals surface area contributed by atoms with Gasteiger partial charge in [0.05, 0.1) is 12.4 Å². The summed E-state index contributed by atoms with van der Waals surface area (Å²) in [6, 6.07) is 32.3. The SMILES string of the molecule is C1=Nc2cccnc2N/C=C(/[n+]2cccc3ccccc32)C=Nc2cccnc2N/C=C\1[n+]1cccc2ccccc21.[O-][Cl+3]([O-])([O-])[O-].[O-][Cl+3]([O-])([O-])[O-]. The molecule has 1 aliphatic rings. The Morgan fingerprint density at radius 3 is 1.23 bits per heavy atom. The summed E-state index contributed by atoms with van der Waals surface area (Å²) in [6.07, 6.45) is 15.0. The molecule has 16 nitrogen and oxygen atoms in total. The number of para-hydroxylation sites is 2. The molecule has 264 valence electrons. The van der Waals surface area contributed by atoms with E-state index in [1.165, 1.54) is 0 Å². The van der Waals surface area contributed by atoms with E-state index < -0.39 is 20.5 Å². The van der Waals surface area contributed by atoms with Gasteiger partial charge in [-0.2, -0.15) is 9.13 Å². The Kier molecular flexibility index (Phi) is 12.2. The molecular weight excluding hydrogens is 719 g/mol. The maximum atomic E-state index is 8.49. The van der Waals surface area contributed by atoms with E-state index in [1.807, 2.05) is 97.9 Å². The molecule has 0 spiro atoms. The fourth-order valence-electron chi connectivity index (χ4n) is 4.89. The van der Waals surface area contributed by atoms with Crippen molar-refractivity contribution in [3.8, 4) is 0 Å². The number of halogens is 2. The summed E-state index contributed by atoms with van der Waals surface area (Å²) < 4.78 is 72.1. The molecule has 52 heavy (non-hydrogen) atoms. The summed E-state index contributed by atoms with van der Waals surface area (Å²) >= 11 is 0. The second-order valence-electron chi connectivity index (χ2n) is 10.3. The number of nitrogens with one attached hydrogen (secondary N) is 2. The molecule has 6 aromatic rings. The van der Waals surface area contributed by atoms with Crippen molar-refractivity contribution in [1.29, 1.82) is 0 Å². The Hall–Kier alpha value is -5.76. The topological polar surface area (TPSA) is 267 Å². The van der Waals surface area contributed by atoms with E-state index in [4.69, 9.17) is 47.3 Å². The molecule has 7 rings (SSSR count). The molecule has 18 heteroatoms. The Morgan fingerprint density at radius 2 is 0.827 bits per heavy atom. The number of rotatable bonds is 2. The van der Waals surface area contributed by atoms with Gasteiger partial charge in [0.25, 0.3) is 0 Å². The van der Waals surface area contributed by atoms with Crippen molar-refractivity contribution >= 4 is 68.6 Å². The Bertz CT molecular complexity index is 2110. The van der Waals surface area contributed by atoms with Crippen LogP contribution in [0.3, 0.4) is 0 Å². The first-order valence-corrected chi connectivity index (χ1v) is 17.2. The predicted octanol–water partition coefficient (Wildman–Crippen LogP) is -3.21. The minimum Gasteiger partial charge on any atom is -0.339 e. The van der Waals surface area contributed by atoms with Gasteiger partial charge in [-0.25, -0.2) is 57.2 Å². The average molecular weight is 746 g/mol. The third-order valence-corrected chi connectivity index (χ3v) is 6.93. The molecule has 0 fully saturated rings. The second kappa shape index (κ2) is 17.0. The summed E-state index contributed by atoms with van der Waals surface area (Å²) in [4.78, 5) is 18.9. The standard InChI is InChI=1S/C34H26N8.2ClHO4/c1-3-15-31-25(9-1)11-7-19-41(31)27-21-37-29-13-5-18-36-34(29)40-24-28(22-38-30-14-6-17-35-33(30)39-23-27)42-20-8-12-26-10-2-4-16-32(26)42;2*2-1(3,4)5/h1-24H,(H,35,39)(H,36,40);2*(H,2,3,4,5)/q+2;;/p-2/b27-23+,28-24+,37-21?,38-22?;;. The van der Waals surface area contributed by atoms with Crippen molar-refractivity contribution in [3.05, 3.63) is 134 Å². The Morgan fingerprint density at radius 1 is 0.462 bits per heavy atom. The molecule has 5 heterocycles. The maximum absolute atomic E-state index is 8.49. The van der Waals surface area contributed by atoms with Crippen LogP contribution in [0.2, 0.25) is 0 Å². The minimum atomic E-state index is -4.94. The highest BCUT2D eigenvalue weighted by Crippen LogP contribution is 2.25. The summed E-state index contributed by atoms with van der Waals surface area (Å²) in [7, 11) is -9.89. The number of aliphatic imine (C=N–C) groups is 2. The molecule has 0 unspecified atom stereocenters. The normalized spacial score (nSPS) is 15.0. The van der Waals surface area contributed by atoms with Crippen LogP contribution in [0.25, 0.3) is 33.2 Å². The highest BCUT2D eigenvalue weighted by atomic mass is 35.7. The van der Waals surface area contributed by atoms with Gasteiger partial charge < -0.3 is 10.6 Å². The number of hydrogen-bond donors (Lipinski definition) is 2. The highest BCUT2D eigenvalue weighted by molar-refractivity contribution is 6.02. The van der Waals surface area contributed by atoms with Gasteiger partial charge in [0.2, 0.25) is 22.4 Å². The monoisotopic (exact) mass is 744 g/mol. The third kappa shape index (κ3) is 11.1. The summed E-state index contributed by atoms with van der Waals surface area (Å²) in [5.41, 5.74) is 5.09. The summed E-state index contributed by atoms with van der Waals surface area (Å²) in [5, 5.41) is 8.99. The molecule has 2 aromatic carbocycles. The van der Waals surface area contributed by atoms with Gasteiger partial charge in [0, 0.05) is 47.4 Å². The van der Waals surface area contributed by atoms with Crippen LogP contribution in [0.1, 0.15) is 0 Å². The third-order valence-electron chi connectivity index (χ3n) is 6.93. The number of nitrogens with zero attached hydrogens (tertiary/aromatic N) is 6. The first-order chi connectivity index (χ1) is 24.8. The van der Waals surface area contributed by atoms with Crippen LogP contribution in [-0.4, -0.2) is 22.4 Å². The molecule has 4 aromatic heterocycles. The van der Waals surface area contributed by atoms with Crippen LogP contribution in [0.4, 0.5) is 23.0 Å². The number of allylic oxidation sites excluding steroid dienone is 2. The van der Waals surface area contributed by atoms with E-state index in [9.17, 15) is 0 Å². The van der Waals surface area contributed by atoms with E-state index >= 15 is 0 Å². The molecule has 0 atom stereocenters. The maximum Gasteiger partial charge on any atom is 0.245 e. The van der Waals surface area contributed by atoms with Gasteiger partial charge in [0.1, 0.15) is 23.8 Å². The van der Waals surface area contributed by atoms with Crippen LogP contribution < -0.4 is 57.0 Å². The predicted molar refractivity (Wildman–Crippen MR) is 169 cm³/mol. The lowest BCUT2D eigenvalue weighted by atomic mass is 10.2. The molecule has 0 radical (unpaired) electrons. The van der Waals surface area contributed by atoms with Crippen LogP contribution >= 0.6 is 0 Å². The lowest BCUT2D eigenvalue weighted by Gasteiger charge is -2.17.